The molecule has 1 rings (SSSR count). The van der Waals surface area contributed by atoms with Crippen molar-refractivity contribution < 1.29 is 4.79 Å². The van der Waals surface area contributed by atoms with Crippen molar-refractivity contribution in [1.29, 1.82) is 0 Å². The molecule has 7 heteroatoms. The first-order chi connectivity index (χ1) is 9.95. The van der Waals surface area contributed by atoms with Crippen molar-refractivity contribution in [2.45, 2.75) is 39.7 Å². The third-order valence-corrected chi connectivity index (χ3v) is 4.27. The zero-order valence-corrected chi connectivity index (χ0v) is 14.2. The fourth-order valence-electron chi connectivity index (χ4n) is 1.67. The Hall–Kier alpha value is -1.34. The minimum Gasteiger partial charge on any atom is -0.382 e. The van der Waals surface area contributed by atoms with Crippen LogP contribution < -0.4 is 16.4 Å². The van der Waals surface area contributed by atoms with Crippen LogP contribution in [0.5, 0.6) is 0 Å². The van der Waals surface area contributed by atoms with E-state index >= 15 is 0 Å². The van der Waals surface area contributed by atoms with Gasteiger partial charge in [-0.15, -0.1) is 0 Å². The number of anilines is 2. The number of nitrogens with zero attached hydrogens (tertiary/aromatic N) is 2. The highest BCUT2D eigenvalue weighted by atomic mass is 32.1. The molecule has 0 aromatic carbocycles. The van der Waals surface area contributed by atoms with Crippen LogP contribution in [0.25, 0.3) is 0 Å². The molecule has 0 spiro atoms. The van der Waals surface area contributed by atoms with E-state index in [4.69, 9.17) is 5.73 Å². The lowest BCUT2D eigenvalue weighted by Gasteiger charge is -2.20. The van der Waals surface area contributed by atoms with Crippen molar-refractivity contribution in [3.05, 3.63) is 4.88 Å². The molecule has 0 atom stereocenters. The van der Waals surface area contributed by atoms with E-state index in [-0.39, 0.29) is 5.91 Å². The molecule has 0 bridgehead atoms. The summed E-state index contributed by atoms with van der Waals surface area (Å²) in [7, 11) is 2.08. The summed E-state index contributed by atoms with van der Waals surface area (Å²) in [6.07, 6.45) is 1.92. The first-order valence-corrected chi connectivity index (χ1v) is 8.26. The summed E-state index contributed by atoms with van der Waals surface area (Å²) >= 11 is 1.31. The number of aromatic nitrogens is 1. The Morgan fingerprint density at radius 3 is 2.76 bits per heavy atom. The first-order valence-electron chi connectivity index (χ1n) is 7.44. The fourth-order valence-corrected chi connectivity index (χ4v) is 2.50. The Balaban J connectivity index is 2.40. The summed E-state index contributed by atoms with van der Waals surface area (Å²) in [5, 5.41) is 6.75. The minimum absolute atomic E-state index is 0.137. The SMILES string of the molecule is CCCNc1nc(N)c(C(=O)NCCCN(C)C(C)C)s1. The van der Waals surface area contributed by atoms with E-state index in [1.807, 2.05) is 0 Å². The molecule has 0 fully saturated rings. The Labute approximate surface area is 131 Å². The smallest absolute Gasteiger partial charge is 0.265 e. The van der Waals surface area contributed by atoms with Crippen LogP contribution in [0.15, 0.2) is 0 Å². The zero-order valence-electron chi connectivity index (χ0n) is 13.4. The molecule has 6 nitrogen and oxygen atoms in total. The minimum atomic E-state index is -0.137. The Kier molecular flexibility index (Phi) is 7.45. The predicted molar refractivity (Wildman–Crippen MR) is 90.0 cm³/mol. The van der Waals surface area contributed by atoms with Crippen LogP contribution in [0.1, 0.15) is 43.3 Å². The lowest BCUT2D eigenvalue weighted by molar-refractivity contribution is 0.0956. The van der Waals surface area contributed by atoms with Crippen LogP contribution in [-0.4, -0.2) is 48.5 Å². The highest BCUT2D eigenvalue weighted by molar-refractivity contribution is 7.18. The molecule has 1 amide bonds. The van der Waals surface area contributed by atoms with E-state index in [1.165, 1.54) is 11.3 Å². The van der Waals surface area contributed by atoms with Crippen molar-refractivity contribution >= 4 is 28.2 Å². The molecule has 0 saturated heterocycles. The maximum atomic E-state index is 12.1. The topological polar surface area (TPSA) is 83.3 Å². The van der Waals surface area contributed by atoms with Gasteiger partial charge in [-0.2, -0.15) is 0 Å². The second kappa shape index (κ2) is 8.84. The summed E-state index contributed by atoms with van der Waals surface area (Å²) in [6, 6.07) is 0.519. The van der Waals surface area contributed by atoms with E-state index in [2.05, 4.69) is 48.3 Å². The molecule has 0 radical (unpaired) electrons. The van der Waals surface area contributed by atoms with Crippen LogP contribution in [0.3, 0.4) is 0 Å². The number of amides is 1. The fraction of sp³-hybridized carbons (Fsp3) is 0.714. The largest absolute Gasteiger partial charge is 0.382 e. The van der Waals surface area contributed by atoms with Gasteiger partial charge in [-0.05, 0) is 40.3 Å². The lowest BCUT2D eigenvalue weighted by atomic mass is 10.3. The van der Waals surface area contributed by atoms with E-state index < -0.39 is 0 Å². The van der Waals surface area contributed by atoms with Gasteiger partial charge in [0.15, 0.2) is 5.13 Å². The molecule has 0 aliphatic heterocycles. The van der Waals surface area contributed by atoms with Crippen molar-refractivity contribution in [3.63, 3.8) is 0 Å². The van der Waals surface area contributed by atoms with Gasteiger partial charge in [0.1, 0.15) is 10.7 Å². The third kappa shape index (κ3) is 5.89. The molecule has 1 heterocycles. The number of thiazole rings is 1. The molecule has 21 heavy (non-hydrogen) atoms. The number of nitrogen functional groups attached to an aromatic ring is 1. The highest BCUT2D eigenvalue weighted by Crippen LogP contribution is 2.24. The maximum Gasteiger partial charge on any atom is 0.265 e. The molecule has 1 aromatic rings. The van der Waals surface area contributed by atoms with Crippen LogP contribution in [-0.2, 0) is 0 Å². The van der Waals surface area contributed by atoms with Gasteiger partial charge in [0.25, 0.3) is 5.91 Å². The number of nitrogens with two attached hydrogens (primary N) is 1. The van der Waals surface area contributed by atoms with E-state index in [1.54, 1.807) is 0 Å². The van der Waals surface area contributed by atoms with Crippen LogP contribution in [0.4, 0.5) is 10.9 Å². The molecule has 1 aromatic heterocycles. The molecule has 0 saturated carbocycles. The molecular formula is C14H27N5OS. The normalized spacial score (nSPS) is 11.1. The van der Waals surface area contributed by atoms with Crippen LogP contribution in [0, 0.1) is 0 Å². The van der Waals surface area contributed by atoms with Gasteiger partial charge in [0, 0.05) is 19.1 Å². The van der Waals surface area contributed by atoms with Crippen LogP contribution in [0.2, 0.25) is 0 Å². The Bertz CT molecular complexity index is 447. The molecular weight excluding hydrogens is 286 g/mol. The van der Waals surface area contributed by atoms with Crippen molar-refractivity contribution in [1.82, 2.24) is 15.2 Å². The van der Waals surface area contributed by atoms with Gasteiger partial charge in [0.05, 0.1) is 0 Å². The molecule has 0 unspecified atom stereocenters. The highest BCUT2D eigenvalue weighted by Gasteiger charge is 2.15. The van der Waals surface area contributed by atoms with Gasteiger partial charge in [0.2, 0.25) is 0 Å². The van der Waals surface area contributed by atoms with Crippen molar-refractivity contribution in [2.24, 2.45) is 0 Å². The average molecular weight is 313 g/mol. The number of carbonyl (C=O) groups is 1. The number of hydrogen-bond donors (Lipinski definition) is 3. The molecule has 4 N–H and O–H groups in total. The van der Waals surface area contributed by atoms with Crippen molar-refractivity contribution in [2.75, 3.05) is 37.7 Å². The average Bonchev–Trinajstić information content (AvgIpc) is 2.81. The molecule has 0 aliphatic carbocycles. The number of carbonyl (C=O) groups excluding carboxylic acids is 1. The van der Waals surface area contributed by atoms with Crippen LogP contribution >= 0.6 is 11.3 Å². The maximum absolute atomic E-state index is 12.1. The predicted octanol–water partition coefficient (Wildman–Crippen LogP) is 2.01. The second-order valence-electron chi connectivity index (χ2n) is 5.34. The van der Waals surface area contributed by atoms with E-state index in [9.17, 15) is 4.79 Å². The lowest BCUT2D eigenvalue weighted by Crippen LogP contribution is -2.31. The summed E-state index contributed by atoms with van der Waals surface area (Å²) in [4.78, 5) is 19.0. The van der Waals surface area contributed by atoms with Gasteiger partial charge in [-0.3, -0.25) is 4.79 Å². The van der Waals surface area contributed by atoms with E-state index in [0.29, 0.717) is 28.4 Å². The first kappa shape index (κ1) is 17.7. The summed E-state index contributed by atoms with van der Waals surface area (Å²) in [5.41, 5.74) is 5.80. The summed E-state index contributed by atoms with van der Waals surface area (Å²) in [5.74, 6) is 0.164. The van der Waals surface area contributed by atoms with Crippen molar-refractivity contribution in [3.8, 4) is 0 Å². The number of hydrogen-bond acceptors (Lipinski definition) is 6. The third-order valence-electron chi connectivity index (χ3n) is 3.24. The number of nitrogens with one attached hydrogen (secondary N) is 2. The van der Waals surface area contributed by atoms with Gasteiger partial charge < -0.3 is 21.3 Å². The Morgan fingerprint density at radius 1 is 1.43 bits per heavy atom. The molecule has 120 valence electrons. The van der Waals surface area contributed by atoms with Gasteiger partial charge in [-0.1, -0.05) is 18.3 Å². The summed E-state index contributed by atoms with van der Waals surface area (Å²) in [6.45, 7) is 8.81. The Morgan fingerprint density at radius 2 is 2.14 bits per heavy atom. The van der Waals surface area contributed by atoms with Gasteiger partial charge >= 0.3 is 0 Å². The quantitative estimate of drug-likeness (QED) is 0.607. The molecule has 0 aliphatic rings. The van der Waals surface area contributed by atoms with Gasteiger partial charge in [-0.25, -0.2) is 4.98 Å². The number of rotatable bonds is 9. The van der Waals surface area contributed by atoms with E-state index in [0.717, 1.165) is 25.9 Å². The zero-order chi connectivity index (χ0) is 15.8. The summed E-state index contributed by atoms with van der Waals surface area (Å²) < 4.78 is 0. The second-order valence-corrected chi connectivity index (χ2v) is 6.34. The monoisotopic (exact) mass is 313 g/mol. The standard InChI is InChI=1S/C14H27N5OS/c1-5-7-17-14-18-12(15)11(21-14)13(20)16-8-6-9-19(4)10(2)3/h10H,5-9,15H2,1-4H3,(H,16,20)(H,17,18).